The lowest BCUT2D eigenvalue weighted by Gasteiger charge is -2.09. The number of aromatic carboxylic acids is 1. The van der Waals surface area contributed by atoms with Gasteiger partial charge in [-0.3, -0.25) is 0 Å². The van der Waals surface area contributed by atoms with Crippen molar-refractivity contribution in [1.29, 1.82) is 0 Å². The zero-order valence-corrected chi connectivity index (χ0v) is 11.5. The molecule has 20 heavy (non-hydrogen) atoms. The normalized spacial score (nSPS) is 10.3. The molecule has 2 aromatic rings. The van der Waals surface area contributed by atoms with E-state index in [1.807, 2.05) is 6.92 Å². The van der Waals surface area contributed by atoms with E-state index in [0.29, 0.717) is 11.6 Å². The molecule has 1 aromatic carbocycles. The Bertz CT molecular complexity index is 626. The molecule has 0 bridgehead atoms. The van der Waals surface area contributed by atoms with Gasteiger partial charge >= 0.3 is 5.97 Å². The molecule has 0 saturated heterocycles. The smallest absolute Gasteiger partial charge is 0.339 e. The number of carboxylic acid groups (broad SMARTS) is 1. The molecule has 5 heteroatoms. The van der Waals surface area contributed by atoms with Crippen molar-refractivity contribution in [1.82, 2.24) is 9.97 Å². The van der Waals surface area contributed by atoms with Crippen LogP contribution in [0.25, 0.3) is 0 Å². The number of nitrogens with zero attached hydrogens (tertiary/aromatic N) is 2. The van der Waals surface area contributed by atoms with E-state index in [0.717, 1.165) is 24.1 Å². The molecule has 0 fully saturated rings. The summed E-state index contributed by atoms with van der Waals surface area (Å²) < 4.78 is 5.61. The van der Waals surface area contributed by atoms with Crippen LogP contribution in [0.3, 0.4) is 0 Å². The van der Waals surface area contributed by atoms with Crippen LogP contribution in [-0.4, -0.2) is 21.0 Å². The maximum absolute atomic E-state index is 11.2. The lowest BCUT2D eigenvalue weighted by atomic mass is 10.1. The van der Waals surface area contributed by atoms with Crippen molar-refractivity contribution in [3.8, 4) is 11.6 Å². The van der Waals surface area contributed by atoms with Crippen LogP contribution >= 0.6 is 0 Å². The average molecular weight is 272 g/mol. The van der Waals surface area contributed by atoms with Crippen LogP contribution in [0.15, 0.2) is 30.6 Å². The summed E-state index contributed by atoms with van der Waals surface area (Å²) in [6.45, 7) is 3.94. The summed E-state index contributed by atoms with van der Waals surface area (Å²) >= 11 is 0. The van der Waals surface area contributed by atoms with Crippen LogP contribution in [0.2, 0.25) is 0 Å². The van der Waals surface area contributed by atoms with Gasteiger partial charge in [0.15, 0.2) is 0 Å². The topological polar surface area (TPSA) is 72.3 Å². The second-order valence-electron chi connectivity index (χ2n) is 4.50. The van der Waals surface area contributed by atoms with Crippen molar-refractivity contribution in [3.05, 3.63) is 47.4 Å². The summed E-state index contributed by atoms with van der Waals surface area (Å²) in [4.78, 5) is 19.3. The summed E-state index contributed by atoms with van der Waals surface area (Å²) in [5, 5.41) is 9.16. The molecule has 5 nitrogen and oxygen atoms in total. The monoisotopic (exact) mass is 272 g/mol. The lowest BCUT2D eigenvalue weighted by Crippen LogP contribution is -2.01. The van der Waals surface area contributed by atoms with Gasteiger partial charge in [0.25, 0.3) is 0 Å². The van der Waals surface area contributed by atoms with E-state index in [1.165, 1.54) is 12.4 Å². The number of hydrogen-bond donors (Lipinski definition) is 1. The van der Waals surface area contributed by atoms with Crippen molar-refractivity contribution in [2.45, 2.75) is 26.7 Å². The van der Waals surface area contributed by atoms with Crippen LogP contribution in [0.5, 0.6) is 11.6 Å². The second-order valence-corrected chi connectivity index (χ2v) is 4.50. The number of hydrogen-bond acceptors (Lipinski definition) is 4. The Hall–Kier alpha value is -2.43. The Kier molecular flexibility index (Phi) is 4.30. The molecular weight excluding hydrogens is 256 g/mol. The van der Waals surface area contributed by atoms with Gasteiger partial charge in [-0.1, -0.05) is 19.4 Å². The molecule has 0 aliphatic carbocycles. The number of carboxylic acids is 1. The van der Waals surface area contributed by atoms with Crippen LogP contribution in [0.4, 0.5) is 0 Å². The van der Waals surface area contributed by atoms with E-state index in [4.69, 9.17) is 9.84 Å². The van der Waals surface area contributed by atoms with Crippen molar-refractivity contribution in [2.75, 3.05) is 0 Å². The van der Waals surface area contributed by atoms with Crippen LogP contribution in [0.1, 0.15) is 35.0 Å². The Morgan fingerprint density at radius 1 is 1.30 bits per heavy atom. The van der Waals surface area contributed by atoms with Gasteiger partial charge < -0.3 is 9.84 Å². The largest absolute Gasteiger partial charge is 0.478 e. The zero-order valence-electron chi connectivity index (χ0n) is 11.5. The van der Waals surface area contributed by atoms with Crippen molar-refractivity contribution in [2.24, 2.45) is 0 Å². The van der Waals surface area contributed by atoms with Crippen LogP contribution in [-0.2, 0) is 6.42 Å². The summed E-state index contributed by atoms with van der Waals surface area (Å²) in [6, 6.07) is 6.68. The summed E-state index contributed by atoms with van der Waals surface area (Å²) in [5.41, 5.74) is 1.92. The molecule has 0 radical (unpaired) electrons. The van der Waals surface area contributed by atoms with E-state index < -0.39 is 5.97 Å². The highest BCUT2D eigenvalue weighted by molar-refractivity contribution is 5.91. The zero-order chi connectivity index (χ0) is 14.5. The predicted molar refractivity (Wildman–Crippen MR) is 74.2 cm³/mol. The first-order chi connectivity index (χ1) is 9.60. The highest BCUT2D eigenvalue weighted by Gasteiger charge is 2.13. The Morgan fingerprint density at radius 2 is 2.10 bits per heavy atom. The third-order valence-corrected chi connectivity index (χ3v) is 2.79. The Labute approximate surface area is 117 Å². The number of ether oxygens (including phenoxy) is 1. The molecule has 104 valence electrons. The maximum atomic E-state index is 11.2. The summed E-state index contributed by atoms with van der Waals surface area (Å²) in [5.74, 6) is -0.377. The number of aryl methyl sites for hydroxylation is 2. The first-order valence-corrected chi connectivity index (χ1v) is 6.43. The maximum Gasteiger partial charge on any atom is 0.339 e. The van der Waals surface area contributed by atoms with E-state index in [1.54, 1.807) is 18.2 Å². The molecular formula is C15H16N2O3. The fraction of sp³-hybridized carbons (Fsp3) is 0.267. The molecule has 1 heterocycles. The van der Waals surface area contributed by atoms with Gasteiger partial charge in [-0.25, -0.2) is 14.8 Å². The van der Waals surface area contributed by atoms with E-state index in [-0.39, 0.29) is 5.56 Å². The third kappa shape index (κ3) is 3.32. The number of rotatable bonds is 5. The molecule has 1 N–H and O–H groups in total. The van der Waals surface area contributed by atoms with E-state index >= 15 is 0 Å². The minimum atomic E-state index is -1.03. The lowest BCUT2D eigenvalue weighted by molar-refractivity contribution is 0.0694. The van der Waals surface area contributed by atoms with Gasteiger partial charge in [0, 0.05) is 11.8 Å². The minimum Gasteiger partial charge on any atom is -0.478 e. The number of carbonyl (C=O) groups is 1. The van der Waals surface area contributed by atoms with E-state index in [9.17, 15) is 4.79 Å². The molecule has 0 atom stereocenters. The van der Waals surface area contributed by atoms with Gasteiger partial charge in [-0.15, -0.1) is 0 Å². The van der Waals surface area contributed by atoms with Crippen molar-refractivity contribution in [3.63, 3.8) is 0 Å². The van der Waals surface area contributed by atoms with Gasteiger partial charge in [0.05, 0.1) is 0 Å². The second kappa shape index (κ2) is 6.14. The number of aromatic nitrogens is 2. The molecule has 0 spiro atoms. The highest BCUT2D eigenvalue weighted by atomic mass is 16.5. The Balaban J connectivity index is 2.31. The quantitative estimate of drug-likeness (QED) is 0.904. The summed E-state index contributed by atoms with van der Waals surface area (Å²) in [6.07, 6.45) is 3.23. The van der Waals surface area contributed by atoms with Gasteiger partial charge in [-0.05, 0) is 31.0 Å². The first-order valence-electron chi connectivity index (χ1n) is 6.43. The molecule has 0 aliphatic rings. The van der Waals surface area contributed by atoms with E-state index in [2.05, 4.69) is 16.9 Å². The van der Waals surface area contributed by atoms with Crippen molar-refractivity contribution < 1.29 is 14.6 Å². The average Bonchev–Trinajstić information content (AvgIpc) is 2.39. The Morgan fingerprint density at radius 3 is 2.80 bits per heavy atom. The summed E-state index contributed by atoms with van der Waals surface area (Å²) in [7, 11) is 0. The van der Waals surface area contributed by atoms with Gasteiger partial charge in [0.2, 0.25) is 5.88 Å². The molecule has 0 saturated carbocycles. The van der Waals surface area contributed by atoms with Crippen LogP contribution < -0.4 is 4.74 Å². The first kappa shape index (κ1) is 14.0. The van der Waals surface area contributed by atoms with Crippen LogP contribution in [0, 0.1) is 6.92 Å². The number of benzene rings is 1. The fourth-order valence-corrected chi connectivity index (χ4v) is 1.83. The standard InChI is InChI=1S/C15H16N2O3/c1-3-4-11-8-14(17-9-16-11)20-13-7-10(2)5-6-12(13)15(18)19/h5-9H,3-4H2,1-2H3,(H,18,19). The van der Waals surface area contributed by atoms with Crippen molar-refractivity contribution >= 4 is 5.97 Å². The third-order valence-electron chi connectivity index (χ3n) is 2.79. The molecule has 0 amide bonds. The SMILES string of the molecule is CCCc1cc(Oc2cc(C)ccc2C(=O)O)ncn1. The molecule has 1 aromatic heterocycles. The van der Waals surface area contributed by atoms with Gasteiger partial charge in [-0.2, -0.15) is 0 Å². The molecule has 0 unspecified atom stereocenters. The molecule has 2 rings (SSSR count). The van der Waals surface area contributed by atoms with Gasteiger partial charge in [0.1, 0.15) is 17.6 Å². The predicted octanol–water partition coefficient (Wildman–Crippen LogP) is 3.23. The highest BCUT2D eigenvalue weighted by Crippen LogP contribution is 2.25. The minimum absolute atomic E-state index is 0.117. The fourth-order valence-electron chi connectivity index (χ4n) is 1.83. The molecule has 0 aliphatic heterocycles.